The first-order valence-electron chi connectivity index (χ1n) is 36.6. The zero-order valence-corrected chi connectivity index (χ0v) is 61.9. The van der Waals surface area contributed by atoms with E-state index < -0.39 is 224 Å². The Bertz CT molecular complexity index is 3040. The van der Waals surface area contributed by atoms with Gasteiger partial charge in [0.1, 0.15) is 66.1 Å². The minimum absolute atomic E-state index is 0.00209. The molecule has 3 N–H and O–H groups in total. The van der Waals surface area contributed by atoms with Gasteiger partial charge in [-0.1, -0.05) is 59.1 Å². The first kappa shape index (κ1) is 84.8. The Morgan fingerprint density at radius 3 is 1.80 bits per heavy atom. The Kier molecular flexibility index (Phi) is 30.2. The van der Waals surface area contributed by atoms with E-state index in [9.17, 15) is 59.9 Å². The number of nitrogens with one attached hydrogen (secondary N) is 3. The zero-order valence-electron chi connectivity index (χ0n) is 61.9. The van der Waals surface area contributed by atoms with Crippen LogP contribution in [0.2, 0.25) is 0 Å². The van der Waals surface area contributed by atoms with Gasteiger partial charge in [-0.05, 0) is 139 Å². The van der Waals surface area contributed by atoms with Crippen molar-refractivity contribution in [2.45, 2.75) is 241 Å². The van der Waals surface area contributed by atoms with E-state index in [0.717, 1.165) is 29.4 Å². The number of hydrogen-bond acceptors (Lipinski definition) is 12. The number of carbonyl (C=O) groups excluding carboxylic acids is 12. The average Bonchev–Trinajstić information content (AvgIpc) is 1.47. The quantitative estimate of drug-likeness (QED) is 0.151. The molecule has 32 heteroatoms. The topological polar surface area (TPSA) is 270 Å². The second kappa shape index (κ2) is 36.7. The van der Waals surface area contributed by atoms with Gasteiger partial charge in [-0.3, -0.25) is 57.5 Å². The molecule has 0 aromatic heterocycles. The molecule has 0 aromatic carbocycles. The van der Waals surface area contributed by atoms with Crippen molar-refractivity contribution in [1.29, 1.82) is 0 Å². The number of rotatable bonds is 12. The van der Waals surface area contributed by atoms with Gasteiger partial charge in [-0.25, -0.2) is 8.78 Å². The Hall–Kier alpha value is -7.18. The third kappa shape index (κ3) is 21.1. The van der Waals surface area contributed by atoms with Crippen molar-refractivity contribution in [3.05, 3.63) is 12.2 Å². The van der Waals surface area contributed by atoms with E-state index in [4.69, 9.17) is 0 Å². The highest BCUT2D eigenvalue weighted by molar-refractivity contribution is 6.00. The van der Waals surface area contributed by atoms with Crippen LogP contribution < -0.4 is 16.0 Å². The van der Waals surface area contributed by atoms with Crippen LogP contribution in [0.25, 0.3) is 0 Å². The average molecular weight is 1480 g/mol. The molecule has 2 bridgehead atoms. The lowest BCUT2D eigenvalue weighted by Gasteiger charge is -2.46. The summed E-state index contributed by atoms with van der Waals surface area (Å²) in [6, 6.07) is -9.78. The van der Waals surface area contributed by atoms with Gasteiger partial charge >= 0.3 is 12.4 Å². The molecule has 1 spiro atoms. The Morgan fingerprint density at radius 1 is 0.641 bits per heavy atom. The van der Waals surface area contributed by atoms with Crippen LogP contribution in [0.5, 0.6) is 0 Å². The fourth-order valence-electron chi connectivity index (χ4n) is 15.8. The number of hydrogen-bond donors (Lipinski definition) is 3. The van der Waals surface area contributed by atoms with Gasteiger partial charge in [0.25, 0.3) is 0 Å². The van der Waals surface area contributed by atoms with Crippen LogP contribution in [-0.4, -0.2) is 277 Å². The normalized spacial score (nSPS) is 30.9. The molecular weight excluding hydrogens is 1360 g/mol. The summed E-state index contributed by atoms with van der Waals surface area (Å²) in [5.74, 6) is -16.7. The molecule has 10 atom stereocenters. The maximum atomic E-state index is 15.3. The molecule has 0 radical (unpaired) electrons. The summed E-state index contributed by atoms with van der Waals surface area (Å²) in [6.45, 7) is 4.17. The summed E-state index contributed by atoms with van der Waals surface area (Å²) in [5.41, 5.74) is -1.64. The van der Waals surface area contributed by atoms with Crippen LogP contribution in [0, 0.1) is 35.5 Å². The molecule has 103 heavy (non-hydrogen) atoms. The van der Waals surface area contributed by atoms with Gasteiger partial charge < -0.3 is 60.0 Å². The molecule has 6 rings (SSSR count). The molecule has 6 aliphatic rings. The number of amides is 12. The lowest BCUT2D eigenvalue weighted by atomic mass is 9.75. The molecule has 0 aromatic rings. The zero-order chi connectivity index (χ0) is 76.9. The molecular formula is C71H110F8N12O12. The van der Waals surface area contributed by atoms with Crippen LogP contribution in [0.1, 0.15) is 169 Å². The molecule has 1 saturated heterocycles. The first-order valence-corrected chi connectivity index (χ1v) is 36.6. The van der Waals surface area contributed by atoms with Crippen LogP contribution in [-0.2, 0) is 57.5 Å². The van der Waals surface area contributed by atoms with Gasteiger partial charge in [0, 0.05) is 69.5 Å². The van der Waals surface area contributed by atoms with Gasteiger partial charge in [-0.2, -0.15) is 26.3 Å². The number of halogens is 8. The van der Waals surface area contributed by atoms with Crippen molar-refractivity contribution in [2.24, 2.45) is 35.5 Å². The van der Waals surface area contributed by atoms with E-state index in [-0.39, 0.29) is 90.1 Å². The van der Waals surface area contributed by atoms with Crippen LogP contribution >= 0.6 is 0 Å². The van der Waals surface area contributed by atoms with Crippen LogP contribution in [0.15, 0.2) is 12.2 Å². The number of nitrogens with zero attached hydrogens (tertiary/aromatic N) is 9. The van der Waals surface area contributed by atoms with E-state index in [1.807, 2.05) is 0 Å². The smallest absolute Gasteiger partial charge is 0.347 e. The van der Waals surface area contributed by atoms with Crippen molar-refractivity contribution in [2.75, 3.05) is 89.1 Å². The Balaban J connectivity index is 1.44. The van der Waals surface area contributed by atoms with Crippen molar-refractivity contribution in [1.82, 2.24) is 60.0 Å². The van der Waals surface area contributed by atoms with E-state index >= 15 is 32.8 Å². The van der Waals surface area contributed by atoms with Gasteiger partial charge in [0.15, 0.2) is 0 Å². The predicted molar refractivity (Wildman–Crippen MR) is 363 cm³/mol. The molecule has 4 aliphatic carbocycles. The lowest BCUT2D eigenvalue weighted by Crippen LogP contribution is -2.67. The van der Waals surface area contributed by atoms with E-state index in [0.29, 0.717) is 38.5 Å². The summed E-state index contributed by atoms with van der Waals surface area (Å²) >= 11 is 0. The van der Waals surface area contributed by atoms with Crippen LogP contribution in [0.3, 0.4) is 0 Å². The highest BCUT2D eigenvalue weighted by atomic mass is 19.4. The molecule has 12 amide bonds. The minimum Gasteiger partial charge on any atom is -0.347 e. The highest BCUT2D eigenvalue weighted by Crippen LogP contribution is 2.45. The van der Waals surface area contributed by atoms with Crippen molar-refractivity contribution in [3.63, 3.8) is 0 Å². The van der Waals surface area contributed by atoms with Gasteiger partial charge in [-0.15, -0.1) is 0 Å². The number of likely N-dealkylation sites (N-methyl/N-ethyl adjacent to an activating group) is 7. The molecule has 2 aliphatic heterocycles. The lowest BCUT2D eigenvalue weighted by molar-refractivity contribution is -0.219. The molecule has 5 fully saturated rings. The van der Waals surface area contributed by atoms with Crippen molar-refractivity contribution >= 4 is 70.9 Å². The number of fused-ring (bicyclic) bond motifs is 2. The minimum atomic E-state index is -5.20. The maximum Gasteiger partial charge on any atom is 0.397 e. The third-order valence-corrected chi connectivity index (χ3v) is 22.5. The number of carbonyl (C=O) groups is 12. The van der Waals surface area contributed by atoms with Crippen LogP contribution in [0.4, 0.5) is 35.1 Å². The molecule has 2 heterocycles. The first-order chi connectivity index (χ1) is 48.2. The monoisotopic (exact) mass is 1470 g/mol. The Morgan fingerprint density at radius 2 is 1.25 bits per heavy atom. The van der Waals surface area contributed by atoms with Crippen molar-refractivity contribution < 1.29 is 92.7 Å². The summed E-state index contributed by atoms with van der Waals surface area (Å²) in [4.78, 5) is 188. The second-order valence-corrected chi connectivity index (χ2v) is 29.9. The SMILES string of the molecule is CCCN1CC(=O)NC2(CCC2)C(=O)N(C)[C@@H](C2CCCC2)C(=O)N(C)[C@H](C(=O)N(C)C)CC(=O)N(C)[C@@H](CC)C(=O)N[C@@H]([C@@H](C)CC)C(=O)N(C)CC(=O)N(C)[C@H]2C/C=C\CCN(C2=O)[C@@H](CC2CCC(C(F)(F)F)CC2)C(=O)N(C)CC(=O)N[C@@H](CCC2CC(F)C(C(F)(F)F)C(F)C2)C1=O. The van der Waals surface area contributed by atoms with E-state index in [1.54, 1.807) is 39.8 Å². The standard InChI is InChI=1S/C71H110F8N12O12/c1-13-33-90-40-55(93)82-69(31-21-32-69)68(103)89(12)60(45-22-18-19-23-45)67(102)88(11)52(63(98)83(5)6)38-56(94)86(9)50(15-3)61(96)81-59(42(4)14-2)66(101)85(8)41-57(95)87(10)51-24-17-16-20-34-91(65(51)100)53(37-43-25-28-46(29-26-43)70(74,75)76)64(99)84(7)39-54(92)80-49(62(90)97)30-27-44-35-47(72)58(48(73)36-44)71(77,78)79/h16-17,42-53,58-60H,13-15,18-41H2,1-12H3,(H,80,92)(H,81,96)(H,82,93)/b17-16-/t42-,43?,44?,46?,47?,48?,49-,50-,51-,52-,53-,58?,59-,60-/m0/s1. The molecule has 24 nitrogen and oxygen atoms in total. The van der Waals surface area contributed by atoms with E-state index in [2.05, 4.69) is 16.0 Å². The third-order valence-electron chi connectivity index (χ3n) is 22.5. The summed E-state index contributed by atoms with van der Waals surface area (Å²) in [6.07, 6.45) is -11.8. The summed E-state index contributed by atoms with van der Waals surface area (Å²) in [5, 5.41) is 8.21. The molecule has 582 valence electrons. The summed E-state index contributed by atoms with van der Waals surface area (Å²) < 4.78 is 114. The fourth-order valence-corrected chi connectivity index (χ4v) is 15.8. The second-order valence-electron chi connectivity index (χ2n) is 29.9. The largest absolute Gasteiger partial charge is 0.397 e. The molecule has 4 saturated carbocycles. The van der Waals surface area contributed by atoms with Gasteiger partial charge in [0.2, 0.25) is 70.9 Å². The van der Waals surface area contributed by atoms with Gasteiger partial charge in [0.05, 0.1) is 32.0 Å². The Labute approximate surface area is 599 Å². The highest BCUT2D eigenvalue weighted by Gasteiger charge is 2.55. The van der Waals surface area contributed by atoms with Crippen molar-refractivity contribution in [3.8, 4) is 0 Å². The fraction of sp³-hybridized carbons (Fsp3) is 0.803. The summed E-state index contributed by atoms with van der Waals surface area (Å²) in [7, 11) is 10.8. The number of alkyl halides is 8. The maximum absolute atomic E-state index is 15.3. The molecule has 2 unspecified atom stereocenters. The predicted octanol–water partition coefficient (Wildman–Crippen LogP) is 5.95. The van der Waals surface area contributed by atoms with E-state index in [1.165, 1.54) is 71.1 Å².